The smallest absolute Gasteiger partial charge is 0.273 e. The molecule has 3 aromatic heterocycles. The van der Waals surface area contributed by atoms with E-state index in [1.54, 1.807) is 22.9 Å². The van der Waals surface area contributed by atoms with Gasteiger partial charge in [0, 0.05) is 37.5 Å². The van der Waals surface area contributed by atoms with Gasteiger partial charge in [-0.25, -0.2) is 0 Å². The van der Waals surface area contributed by atoms with Gasteiger partial charge >= 0.3 is 0 Å². The highest BCUT2D eigenvalue weighted by atomic mass is 79.9. The van der Waals surface area contributed by atoms with E-state index in [4.69, 9.17) is 4.42 Å². The Morgan fingerprint density at radius 2 is 2.36 bits per heavy atom. The van der Waals surface area contributed by atoms with Gasteiger partial charge in [-0.15, -0.1) is 6.58 Å². The predicted molar refractivity (Wildman–Crippen MR) is 88.0 cm³/mol. The molecule has 0 bridgehead atoms. The number of carbonyl (C=O) groups excluding carboxylic acids is 1. The number of halogens is 1. The van der Waals surface area contributed by atoms with Crippen LogP contribution in [0.4, 0.5) is 5.82 Å². The van der Waals surface area contributed by atoms with Gasteiger partial charge in [0.05, 0.1) is 5.52 Å². The molecule has 0 radical (unpaired) electrons. The van der Waals surface area contributed by atoms with Gasteiger partial charge in [-0.1, -0.05) is 6.08 Å². The van der Waals surface area contributed by atoms with E-state index >= 15 is 0 Å². The average Bonchev–Trinajstić information content (AvgIpc) is 3.15. The van der Waals surface area contributed by atoms with Gasteiger partial charge in [-0.2, -0.15) is 5.10 Å². The Hall–Kier alpha value is -2.28. The number of rotatable bonds is 5. The van der Waals surface area contributed by atoms with Crippen LogP contribution in [-0.4, -0.2) is 20.3 Å². The summed E-state index contributed by atoms with van der Waals surface area (Å²) < 4.78 is 9.75. The Labute approximate surface area is 135 Å². The zero-order chi connectivity index (χ0) is 15.7. The average molecular weight is 363 g/mol. The summed E-state index contributed by atoms with van der Waals surface area (Å²) in [6.45, 7) is 6.99. The molecular weight excluding hydrogens is 348 g/mol. The van der Waals surface area contributed by atoms with Gasteiger partial charge in [0.2, 0.25) is 0 Å². The van der Waals surface area contributed by atoms with Crippen LogP contribution in [0.3, 0.4) is 0 Å². The Bertz CT molecular complexity index is 843. The van der Waals surface area contributed by atoms with Crippen molar-refractivity contribution < 1.29 is 9.21 Å². The summed E-state index contributed by atoms with van der Waals surface area (Å²) in [5.74, 6) is 0.293. The third-order valence-corrected chi connectivity index (χ3v) is 3.70. The standard InChI is InChI=1S/C15H15BrN4O2/c1-3-6-20-10-9-13(16)22-12(10)8-11(20)15(21)17-14-5-7-19(4-2)18-14/h3,5,7-9H,1,4,6H2,2H3,(H,17,18,21). The van der Waals surface area contributed by atoms with Crippen LogP contribution in [0, 0.1) is 0 Å². The fourth-order valence-electron chi connectivity index (χ4n) is 2.31. The highest BCUT2D eigenvalue weighted by molar-refractivity contribution is 9.10. The molecule has 3 heterocycles. The van der Waals surface area contributed by atoms with E-state index in [0.29, 0.717) is 28.3 Å². The lowest BCUT2D eigenvalue weighted by molar-refractivity contribution is 0.101. The third kappa shape index (κ3) is 2.59. The van der Waals surface area contributed by atoms with E-state index in [1.807, 2.05) is 23.8 Å². The molecular formula is C15H15BrN4O2. The van der Waals surface area contributed by atoms with Crippen LogP contribution in [0.15, 0.2) is 46.1 Å². The van der Waals surface area contributed by atoms with Crippen LogP contribution < -0.4 is 5.32 Å². The molecule has 0 saturated carbocycles. The number of carbonyl (C=O) groups is 1. The van der Waals surface area contributed by atoms with Crippen molar-refractivity contribution in [2.75, 3.05) is 5.32 Å². The topological polar surface area (TPSA) is 65.0 Å². The van der Waals surface area contributed by atoms with Crippen molar-refractivity contribution >= 4 is 38.8 Å². The third-order valence-electron chi connectivity index (χ3n) is 3.31. The first-order valence-corrected chi connectivity index (χ1v) is 7.66. The maximum atomic E-state index is 12.5. The predicted octanol–water partition coefficient (Wildman–Crippen LogP) is 3.65. The number of furan rings is 1. The molecule has 0 aliphatic carbocycles. The SMILES string of the molecule is C=CCn1c(C(=O)Nc2ccn(CC)n2)cc2oc(Br)cc21. The van der Waals surface area contributed by atoms with E-state index in [1.165, 1.54) is 0 Å². The Morgan fingerprint density at radius 3 is 3.05 bits per heavy atom. The van der Waals surface area contributed by atoms with Crippen LogP contribution in [0.25, 0.3) is 11.1 Å². The minimum absolute atomic E-state index is 0.231. The molecule has 0 aliphatic rings. The van der Waals surface area contributed by atoms with Crippen molar-refractivity contribution in [1.82, 2.24) is 14.3 Å². The summed E-state index contributed by atoms with van der Waals surface area (Å²) in [6, 6.07) is 5.32. The normalized spacial score (nSPS) is 11.0. The zero-order valence-electron chi connectivity index (χ0n) is 12.0. The molecule has 6 nitrogen and oxygen atoms in total. The molecule has 1 amide bonds. The molecule has 0 fully saturated rings. The summed E-state index contributed by atoms with van der Waals surface area (Å²) in [5.41, 5.74) is 2.00. The quantitative estimate of drug-likeness (QED) is 0.704. The number of hydrogen-bond acceptors (Lipinski definition) is 3. The molecule has 3 aromatic rings. The molecule has 0 unspecified atom stereocenters. The van der Waals surface area contributed by atoms with Crippen molar-refractivity contribution in [1.29, 1.82) is 0 Å². The van der Waals surface area contributed by atoms with E-state index in [9.17, 15) is 4.79 Å². The molecule has 0 aromatic carbocycles. The van der Waals surface area contributed by atoms with Gasteiger partial charge in [-0.3, -0.25) is 9.48 Å². The first-order valence-electron chi connectivity index (χ1n) is 6.86. The number of allylic oxidation sites excluding steroid dienone is 1. The van der Waals surface area contributed by atoms with E-state index in [0.717, 1.165) is 12.1 Å². The van der Waals surface area contributed by atoms with E-state index < -0.39 is 0 Å². The lowest BCUT2D eigenvalue weighted by Crippen LogP contribution is -2.17. The molecule has 0 spiro atoms. The summed E-state index contributed by atoms with van der Waals surface area (Å²) in [4.78, 5) is 12.5. The number of aryl methyl sites for hydroxylation is 1. The maximum absolute atomic E-state index is 12.5. The molecule has 0 atom stereocenters. The van der Waals surface area contributed by atoms with Crippen LogP contribution in [0.1, 0.15) is 17.4 Å². The second-order valence-corrected chi connectivity index (χ2v) is 5.52. The number of nitrogens with zero attached hydrogens (tertiary/aromatic N) is 3. The van der Waals surface area contributed by atoms with Crippen LogP contribution in [0.5, 0.6) is 0 Å². The van der Waals surface area contributed by atoms with Crippen LogP contribution in [0.2, 0.25) is 0 Å². The molecule has 22 heavy (non-hydrogen) atoms. The molecule has 7 heteroatoms. The second kappa shape index (κ2) is 5.84. The minimum Gasteiger partial charge on any atom is -0.448 e. The Balaban J connectivity index is 1.93. The zero-order valence-corrected chi connectivity index (χ0v) is 13.6. The lowest BCUT2D eigenvalue weighted by atomic mass is 10.4. The Kier molecular flexibility index (Phi) is 3.89. The van der Waals surface area contributed by atoms with Gasteiger partial charge in [-0.05, 0) is 22.9 Å². The molecule has 3 rings (SSSR count). The summed E-state index contributed by atoms with van der Waals surface area (Å²) >= 11 is 3.30. The molecule has 0 aliphatic heterocycles. The number of fused-ring (bicyclic) bond motifs is 1. The van der Waals surface area contributed by atoms with Gasteiger partial charge in [0.1, 0.15) is 5.69 Å². The fraction of sp³-hybridized carbons (Fsp3) is 0.200. The first-order chi connectivity index (χ1) is 10.6. The monoisotopic (exact) mass is 362 g/mol. The van der Waals surface area contributed by atoms with Crippen LogP contribution in [-0.2, 0) is 13.1 Å². The fourth-order valence-corrected chi connectivity index (χ4v) is 2.70. The first kappa shape index (κ1) is 14.6. The number of anilines is 1. The van der Waals surface area contributed by atoms with Crippen molar-refractivity contribution in [2.45, 2.75) is 20.0 Å². The largest absolute Gasteiger partial charge is 0.448 e. The van der Waals surface area contributed by atoms with E-state index in [-0.39, 0.29) is 5.91 Å². The number of aromatic nitrogens is 3. The highest BCUT2D eigenvalue weighted by Gasteiger charge is 2.18. The second-order valence-electron chi connectivity index (χ2n) is 4.74. The van der Waals surface area contributed by atoms with Gasteiger partial charge in [0.25, 0.3) is 5.91 Å². The number of amides is 1. The maximum Gasteiger partial charge on any atom is 0.273 e. The highest BCUT2D eigenvalue weighted by Crippen LogP contribution is 2.27. The lowest BCUT2D eigenvalue weighted by Gasteiger charge is -2.07. The number of hydrogen-bond donors (Lipinski definition) is 1. The van der Waals surface area contributed by atoms with Gasteiger partial charge in [0.15, 0.2) is 16.1 Å². The minimum atomic E-state index is -0.231. The molecule has 114 valence electrons. The van der Waals surface area contributed by atoms with Crippen molar-refractivity contribution in [3.8, 4) is 0 Å². The molecule has 0 saturated heterocycles. The summed E-state index contributed by atoms with van der Waals surface area (Å²) in [7, 11) is 0. The van der Waals surface area contributed by atoms with Crippen molar-refractivity contribution in [3.05, 3.63) is 47.4 Å². The Morgan fingerprint density at radius 1 is 1.55 bits per heavy atom. The van der Waals surface area contributed by atoms with Crippen LogP contribution >= 0.6 is 15.9 Å². The molecule has 1 N–H and O–H groups in total. The van der Waals surface area contributed by atoms with Crippen molar-refractivity contribution in [3.63, 3.8) is 0 Å². The van der Waals surface area contributed by atoms with E-state index in [2.05, 4.69) is 32.9 Å². The van der Waals surface area contributed by atoms with Gasteiger partial charge < -0.3 is 14.3 Å². The number of nitrogens with one attached hydrogen (secondary N) is 1. The summed E-state index contributed by atoms with van der Waals surface area (Å²) in [6.07, 6.45) is 3.56. The summed E-state index contributed by atoms with van der Waals surface area (Å²) in [5, 5.41) is 7.05. The van der Waals surface area contributed by atoms with Crippen molar-refractivity contribution in [2.24, 2.45) is 0 Å².